The van der Waals surface area contributed by atoms with E-state index in [-0.39, 0.29) is 5.41 Å². The van der Waals surface area contributed by atoms with Crippen molar-refractivity contribution in [3.05, 3.63) is 29.8 Å². The largest absolute Gasteiger partial charge is 0.497 e. The third-order valence-electron chi connectivity index (χ3n) is 4.84. The van der Waals surface area contributed by atoms with Crippen molar-refractivity contribution in [2.75, 3.05) is 33.9 Å². The van der Waals surface area contributed by atoms with E-state index in [4.69, 9.17) is 9.47 Å². The predicted molar refractivity (Wildman–Crippen MR) is 75.7 cm³/mol. The minimum absolute atomic E-state index is 0.180. The van der Waals surface area contributed by atoms with Crippen molar-refractivity contribution >= 4 is 0 Å². The average Bonchev–Trinajstić information content (AvgIpc) is 2.69. The van der Waals surface area contributed by atoms with Crippen molar-refractivity contribution in [3.63, 3.8) is 0 Å². The van der Waals surface area contributed by atoms with E-state index in [1.54, 1.807) is 7.11 Å². The maximum Gasteiger partial charge on any atom is 0.119 e. The minimum Gasteiger partial charge on any atom is -0.497 e. The van der Waals surface area contributed by atoms with E-state index in [0.717, 1.165) is 24.8 Å². The second-order valence-corrected chi connectivity index (χ2v) is 5.85. The van der Waals surface area contributed by atoms with E-state index in [2.05, 4.69) is 37.1 Å². The lowest BCUT2D eigenvalue weighted by molar-refractivity contribution is -0.0848. The Morgan fingerprint density at radius 2 is 2.26 bits per heavy atom. The molecule has 1 aromatic rings. The van der Waals surface area contributed by atoms with Gasteiger partial charge in [-0.05, 0) is 44.0 Å². The van der Waals surface area contributed by atoms with Crippen molar-refractivity contribution in [1.29, 1.82) is 0 Å². The number of benzene rings is 1. The normalized spacial score (nSPS) is 33.8. The van der Waals surface area contributed by atoms with Crippen LogP contribution < -0.4 is 4.74 Å². The number of fused-ring (bicyclic) bond motifs is 1. The third kappa shape index (κ3) is 1.87. The zero-order valence-corrected chi connectivity index (χ0v) is 12.1. The quantitative estimate of drug-likeness (QED) is 0.830. The van der Waals surface area contributed by atoms with Gasteiger partial charge in [-0.25, -0.2) is 0 Å². The van der Waals surface area contributed by atoms with Gasteiger partial charge >= 0.3 is 0 Å². The van der Waals surface area contributed by atoms with E-state index in [1.165, 1.54) is 18.5 Å². The Morgan fingerprint density at radius 3 is 2.95 bits per heavy atom. The van der Waals surface area contributed by atoms with Crippen LogP contribution in [0.3, 0.4) is 0 Å². The fraction of sp³-hybridized carbons (Fsp3) is 0.625. The van der Waals surface area contributed by atoms with Gasteiger partial charge in [-0.2, -0.15) is 0 Å². The molecule has 1 aromatic carbocycles. The number of likely N-dealkylation sites (tertiary alicyclic amines) is 1. The number of hydrogen-bond acceptors (Lipinski definition) is 3. The van der Waals surface area contributed by atoms with Crippen LogP contribution in [0.4, 0.5) is 0 Å². The smallest absolute Gasteiger partial charge is 0.119 e. The average molecular weight is 261 g/mol. The van der Waals surface area contributed by atoms with Gasteiger partial charge in [0.25, 0.3) is 0 Å². The van der Waals surface area contributed by atoms with Gasteiger partial charge in [-0.3, -0.25) is 0 Å². The van der Waals surface area contributed by atoms with Gasteiger partial charge in [-0.15, -0.1) is 0 Å². The van der Waals surface area contributed by atoms with Gasteiger partial charge < -0.3 is 14.4 Å². The molecule has 1 aliphatic carbocycles. The second-order valence-electron chi connectivity index (χ2n) is 5.85. The molecule has 0 aromatic heterocycles. The zero-order valence-electron chi connectivity index (χ0n) is 12.1. The molecule has 104 valence electrons. The van der Waals surface area contributed by atoms with E-state index in [0.29, 0.717) is 6.10 Å². The summed E-state index contributed by atoms with van der Waals surface area (Å²) in [5.74, 6) is 1.67. The lowest BCUT2D eigenvalue weighted by Gasteiger charge is -2.51. The summed E-state index contributed by atoms with van der Waals surface area (Å²) in [6, 6.07) is 8.54. The van der Waals surface area contributed by atoms with E-state index in [9.17, 15) is 0 Å². The molecule has 2 aliphatic rings. The highest BCUT2D eigenvalue weighted by molar-refractivity contribution is 5.40. The number of rotatable bonds is 4. The van der Waals surface area contributed by atoms with Crippen LogP contribution in [-0.2, 0) is 10.2 Å². The molecule has 1 heterocycles. The van der Waals surface area contributed by atoms with Crippen LogP contribution in [0.15, 0.2) is 24.3 Å². The number of nitrogens with zero attached hydrogens (tertiary/aromatic N) is 1. The van der Waals surface area contributed by atoms with Crippen LogP contribution in [0.5, 0.6) is 5.75 Å². The summed E-state index contributed by atoms with van der Waals surface area (Å²) >= 11 is 0. The molecule has 3 nitrogen and oxygen atoms in total. The van der Waals surface area contributed by atoms with E-state index in [1.807, 2.05) is 6.07 Å². The van der Waals surface area contributed by atoms with Gasteiger partial charge in [0.2, 0.25) is 0 Å². The Hall–Kier alpha value is -1.06. The van der Waals surface area contributed by atoms with E-state index >= 15 is 0 Å². The highest BCUT2D eigenvalue weighted by Gasteiger charge is 2.60. The van der Waals surface area contributed by atoms with Crippen molar-refractivity contribution in [2.24, 2.45) is 5.92 Å². The molecule has 1 saturated carbocycles. The molecule has 0 spiro atoms. The molecule has 1 unspecified atom stereocenters. The molecular weight excluding hydrogens is 238 g/mol. The fourth-order valence-electron chi connectivity index (χ4n) is 3.98. The minimum atomic E-state index is 0.180. The van der Waals surface area contributed by atoms with Crippen molar-refractivity contribution in [2.45, 2.75) is 24.9 Å². The summed E-state index contributed by atoms with van der Waals surface area (Å²) in [5, 5.41) is 0. The van der Waals surface area contributed by atoms with E-state index < -0.39 is 0 Å². The van der Waals surface area contributed by atoms with Gasteiger partial charge in [0.05, 0.1) is 13.2 Å². The van der Waals surface area contributed by atoms with Gasteiger partial charge in [-0.1, -0.05) is 12.1 Å². The van der Waals surface area contributed by atoms with Crippen LogP contribution in [0.25, 0.3) is 0 Å². The molecule has 3 rings (SSSR count). The molecule has 2 fully saturated rings. The Labute approximate surface area is 115 Å². The maximum atomic E-state index is 6.00. The lowest BCUT2D eigenvalue weighted by atomic mass is 9.56. The SMILES string of the molecule is CCO[C@H]1CC2CN(C)C[C@]21c1cccc(OC)c1. The Kier molecular flexibility index (Phi) is 3.27. The first-order valence-corrected chi connectivity index (χ1v) is 7.15. The number of hydrogen-bond donors (Lipinski definition) is 0. The predicted octanol–water partition coefficient (Wildman–Crippen LogP) is 2.30. The van der Waals surface area contributed by atoms with Crippen LogP contribution in [0.1, 0.15) is 18.9 Å². The first-order valence-electron chi connectivity index (χ1n) is 7.15. The number of likely N-dealkylation sites (N-methyl/N-ethyl adjacent to an activating group) is 1. The molecule has 1 saturated heterocycles. The molecule has 0 bridgehead atoms. The summed E-state index contributed by atoms with van der Waals surface area (Å²) in [5.41, 5.74) is 1.56. The van der Waals surface area contributed by atoms with Crippen molar-refractivity contribution < 1.29 is 9.47 Å². The third-order valence-corrected chi connectivity index (χ3v) is 4.84. The molecule has 3 heteroatoms. The van der Waals surface area contributed by atoms with Crippen LogP contribution in [0.2, 0.25) is 0 Å². The van der Waals surface area contributed by atoms with Crippen molar-refractivity contribution in [3.8, 4) is 5.75 Å². The molecule has 1 aliphatic heterocycles. The summed E-state index contributed by atoms with van der Waals surface area (Å²) in [4.78, 5) is 2.43. The standard InChI is InChI=1S/C16H23NO2/c1-4-19-15-9-13-10-17(2)11-16(13,15)12-6-5-7-14(8-12)18-3/h5-8,13,15H,4,9-11H2,1-3H3/t13?,15-,16-/m0/s1. The molecule has 0 N–H and O–H groups in total. The summed E-state index contributed by atoms with van der Waals surface area (Å²) in [7, 11) is 3.94. The van der Waals surface area contributed by atoms with Crippen LogP contribution in [0, 0.1) is 5.92 Å². The molecule has 3 atom stereocenters. The summed E-state index contributed by atoms with van der Waals surface area (Å²) in [6.45, 7) is 5.16. The summed E-state index contributed by atoms with van der Waals surface area (Å²) in [6.07, 6.45) is 1.55. The molecule has 0 amide bonds. The monoisotopic (exact) mass is 261 g/mol. The maximum absolute atomic E-state index is 6.00. The van der Waals surface area contributed by atoms with Gasteiger partial charge in [0, 0.05) is 25.1 Å². The Bertz CT molecular complexity index is 462. The first-order chi connectivity index (χ1) is 9.20. The molecule has 0 radical (unpaired) electrons. The van der Waals surface area contributed by atoms with Gasteiger partial charge in [0.1, 0.15) is 5.75 Å². The zero-order chi connectivity index (χ0) is 13.5. The molecular formula is C16H23NO2. The van der Waals surface area contributed by atoms with Gasteiger partial charge in [0.15, 0.2) is 0 Å². The summed E-state index contributed by atoms with van der Waals surface area (Å²) < 4.78 is 11.4. The highest BCUT2D eigenvalue weighted by Crippen LogP contribution is 2.55. The van der Waals surface area contributed by atoms with Crippen LogP contribution in [-0.4, -0.2) is 44.9 Å². The second kappa shape index (κ2) is 4.80. The first kappa shape index (κ1) is 12.9. The highest BCUT2D eigenvalue weighted by atomic mass is 16.5. The topological polar surface area (TPSA) is 21.7 Å². The molecule has 19 heavy (non-hydrogen) atoms. The van der Waals surface area contributed by atoms with Crippen LogP contribution >= 0.6 is 0 Å². The lowest BCUT2D eigenvalue weighted by Crippen LogP contribution is -2.57. The Morgan fingerprint density at radius 1 is 1.42 bits per heavy atom. The van der Waals surface area contributed by atoms with Crippen molar-refractivity contribution in [1.82, 2.24) is 4.90 Å². The number of methoxy groups -OCH3 is 1. The fourth-order valence-corrected chi connectivity index (χ4v) is 3.98. The Balaban J connectivity index is 1.97. The number of ether oxygens (including phenoxy) is 2.